The van der Waals surface area contributed by atoms with Crippen LogP contribution in [-0.4, -0.2) is 14.0 Å². The molecule has 136 valence electrons. The number of H-pyrrole nitrogens is 1. The minimum Gasteiger partial charge on any atom is -0.353 e. The van der Waals surface area contributed by atoms with Gasteiger partial charge in [-0.1, -0.05) is 54.6 Å². The number of para-hydroxylation sites is 4. The Hall–Kier alpha value is -3.98. The highest BCUT2D eigenvalue weighted by atomic mass is 15.0. The molecule has 3 heteroatoms. The van der Waals surface area contributed by atoms with Gasteiger partial charge in [-0.2, -0.15) is 0 Å². The minimum absolute atomic E-state index is 1.16. The molecule has 29 heavy (non-hydrogen) atoms. The molecule has 4 aromatic carbocycles. The highest BCUT2D eigenvalue weighted by molar-refractivity contribution is 6.23. The predicted molar refractivity (Wildman–Crippen MR) is 121 cm³/mol. The SMILES string of the molecule is c1ccc(-n2c3cccc4[nH]c5c6ccccc6n(c6ccccc62)c5c43)cc1. The van der Waals surface area contributed by atoms with Gasteiger partial charge >= 0.3 is 0 Å². The number of nitrogens with one attached hydrogen (secondary N) is 1. The number of nitrogens with zero attached hydrogens (tertiary/aromatic N) is 2. The second-order valence-electron chi connectivity index (χ2n) is 7.56. The Morgan fingerprint density at radius 2 is 1.24 bits per heavy atom. The molecule has 0 bridgehead atoms. The van der Waals surface area contributed by atoms with Crippen molar-refractivity contribution >= 4 is 49.4 Å². The van der Waals surface area contributed by atoms with Gasteiger partial charge in [0.1, 0.15) is 0 Å². The van der Waals surface area contributed by atoms with Gasteiger partial charge in [0.05, 0.1) is 38.6 Å². The largest absolute Gasteiger partial charge is 0.353 e. The number of hydrogen-bond donors (Lipinski definition) is 1. The summed E-state index contributed by atoms with van der Waals surface area (Å²) >= 11 is 0. The molecule has 7 aromatic rings. The van der Waals surface area contributed by atoms with Crippen LogP contribution in [0, 0.1) is 0 Å². The van der Waals surface area contributed by atoms with Crippen LogP contribution in [0.25, 0.3) is 55.1 Å². The Balaban J connectivity index is 1.93. The fourth-order valence-electron chi connectivity index (χ4n) is 4.89. The number of aromatic nitrogens is 3. The number of rotatable bonds is 1. The van der Waals surface area contributed by atoms with E-state index in [0.717, 1.165) is 5.69 Å². The van der Waals surface area contributed by atoms with Crippen molar-refractivity contribution in [3.8, 4) is 5.69 Å². The maximum atomic E-state index is 3.71. The zero-order chi connectivity index (χ0) is 18.9. The van der Waals surface area contributed by atoms with Crippen molar-refractivity contribution in [2.24, 2.45) is 0 Å². The normalized spacial score (nSPS) is 12.1. The predicted octanol–water partition coefficient (Wildman–Crippen LogP) is 6.67. The van der Waals surface area contributed by atoms with Gasteiger partial charge in [0.15, 0.2) is 0 Å². The first-order valence-corrected chi connectivity index (χ1v) is 9.90. The van der Waals surface area contributed by atoms with E-state index in [1.807, 2.05) is 0 Å². The van der Waals surface area contributed by atoms with Gasteiger partial charge < -0.3 is 14.0 Å². The third-order valence-corrected chi connectivity index (χ3v) is 6.03. The highest BCUT2D eigenvalue weighted by Crippen LogP contribution is 2.39. The molecule has 0 saturated heterocycles. The molecule has 7 rings (SSSR count). The Morgan fingerprint density at radius 3 is 2.10 bits per heavy atom. The zero-order valence-corrected chi connectivity index (χ0v) is 15.6. The van der Waals surface area contributed by atoms with Crippen LogP contribution in [-0.2, 0) is 0 Å². The van der Waals surface area contributed by atoms with Gasteiger partial charge in [0, 0.05) is 16.5 Å². The first-order valence-electron chi connectivity index (χ1n) is 9.90. The Morgan fingerprint density at radius 1 is 0.552 bits per heavy atom. The lowest BCUT2D eigenvalue weighted by molar-refractivity contribution is 1.17. The van der Waals surface area contributed by atoms with E-state index in [9.17, 15) is 0 Å². The standard InChI is InChI=1S/C26H17N3/c1-2-9-17(10-3-1)28-21-14-6-7-15-22(21)29-20-13-5-4-11-18(20)25-26(29)24-19(27-25)12-8-16-23(24)28/h1-16,27H. The van der Waals surface area contributed by atoms with E-state index in [-0.39, 0.29) is 0 Å². The summed E-state index contributed by atoms with van der Waals surface area (Å²) in [5.74, 6) is 0. The first kappa shape index (κ1) is 15.0. The van der Waals surface area contributed by atoms with E-state index >= 15 is 0 Å². The Labute approximate surface area is 166 Å². The Kier molecular flexibility index (Phi) is 2.74. The molecule has 3 aromatic heterocycles. The van der Waals surface area contributed by atoms with Crippen molar-refractivity contribution in [2.75, 3.05) is 0 Å². The molecule has 0 unspecified atom stereocenters. The van der Waals surface area contributed by atoms with Crippen LogP contribution in [0.5, 0.6) is 0 Å². The summed E-state index contributed by atoms with van der Waals surface area (Å²) in [6.07, 6.45) is 0. The lowest BCUT2D eigenvalue weighted by Gasteiger charge is -2.11. The van der Waals surface area contributed by atoms with Crippen molar-refractivity contribution in [3.05, 3.63) is 97.1 Å². The monoisotopic (exact) mass is 371 g/mol. The second kappa shape index (κ2) is 5.30. The van der Waals surface area contributed by atoms with Gasteiger partial charge in [-0.25, -0.2) is 0 Å². The molecule has 0 aliphatic heterocycles. The lowest BCUT2D eigenvalue weighted by Crippen LogP contribution is -1.97. The van der Waals surface area contributed by atoms with Crippen LogP contribution in [0.4, 0.5) is 0 Å². The number of hydrogen-bond acceptors (Lipinski definition) is 0. The van der Waals surface area contributed by atoms with Crippen LogP contribution in [0.15, 0.2) is 97.1 Å². The van der Waals surface area contributed by atoms with E-state index in [1.165, 1.54) is 49.4 Å². The average Bonchev–Trinajstić information content (AvgIpc) is 3.26. The fraction of sp³-hybridized carbons (Fsp3) is 0. The lowest BCUT2D eigenvalue weighted by atomic mass is 10.2. The van der Waals surface area contributed by atoms with E-state index in [2.05, 4.69) is 111 Å². The molecule has 3 nitrogen and oxygen atoms in total. The van der Waals surface area contributed by atoms with Gasteiger partial charge in [0.2, 0.25) is 0 Å². The van der Waals surface area contributed by atoms with Gasteiger partial charge in [-0.15, -0.1) is 0 Å². The summed E-state index contributed by atoms with van der Waals surface area (Å²) in [6, 6.07) is 34.5. The molecule has 1 N–H and O–H groups in total. The molecule has 0 radical (unpaired) electrons. The molecule has 0 fully saturated rings. The van der Waals surface area contributed by atoms with E-state index in [4.69, 9.17) is 0 Å². The smallest absolute Gasteiger partial charge is 0.0820 e. The van der Waals surface area contributed by atoms with Crippen LogP contribution >= 0.6 is 0 Å². The molecule has 0 saturated carbocycles. The maximum absolute atomic E-state index is 3.71. The number of aromatic amines is 1. The molecule has 0 atom stereocenters. The van der Waals surface area contributed by atoms with Gasteiger partial charge in [0.25, 0.3) is 0 Å². The van der Waals surface area contributed by atoms with Crippen LogP contribution in [0.1, 0.15) is 0 Å². The van der Waals surface area contributed by atoms with Crippen molar-refractivity contribution in [1.29, 1.82) is 0 Å². The third-order valence-electron chi connectivity index (χ3n) is 6.03. The van der Waals surface area contributed by atoms with Crippen molar-refractivity contribution < 1.29 is 0 Å². The number of fused-ring (bicyclic) bond motifs is 5. The fourth-order valence-corrected chi connectivity index (χ4v) is 4.89. The second-order valence-corrected chi connectivity index (χ2v) is 7.56. The van der Waals surface area contributed by atoms with E-state index in [0.29, 0.717) is 0 Å². The highest BCUT2D eigenvalue weighted by Gasteiger charge is 2.19. The van der Waals surface area contributed by atoms with Crippen molar-refractivity contribution in [3.63, 3.8) is 0 Å². The van der Waals surface area contributed by atoms with Gasteiger partial charge in [-0.3, -0.25) is 0 Å². The average molecular weight is 371 g/mol. The quantitative estimate of drug-likeness (QED) is 0.333. The van der Waals surface area contributed by atoms with Crippen LogP contribution < -0.4 is 0 Å². The van der Waals surface area contributed by atoms with E-state index < -0.39 is 0 Å². The molecule has 3 heterocycles. The minimum atomic E-state index is 1.16. The first-order chi connectivity index (χ1) is 14.4. The summed E-state index contributed by atoms with van der Waals surface area (Å²) in [6.45, 7) is 0. The summed E-state index contributed by atoms with van der Waals surface area (Å²) in [4.78, 5) is 3.71. The third kappa shape index (κ3) is 1.82. The molecule has 0 spiro atoms. The van der Waals surface area contributed by atoms with Crippen LogP contribution in [0.3, 0.4) is 0 Å². The summed E-state index contributed by atoms with van der Waals surface area (Å²) < 4.78 is 4.80. The molecule has 0 aliphatic carbocycles. The Bertz CT molecular complexity index is 1690. The molecular weight excluding hydrogens is 354 g/mol. The summed E-state index contributed by atoms with van der Waals surface area (Å²) in [5, 5.41) is 2.52. The molecular formula is C26H17N3. The maximum Gasteiger partial charge on any atom is 0.0820 e. The van der Waals surface area contributed by atoms with E-state index in [1.54, 1.807) is 0 Å². The van der Waals surface area contributed by atoms with Crippen molar-refractivity contribution in [1.82, 2.24) is 14.0 Å². The zero-order valence-electron chi connectivity index (χ0n) is 15.6. The molecule has 0 amide bonds. The van der Waals surface area contributed by atoms with Crippen LogP contribution in [0.2, 0.25) is 0 Å². The van der Waals surface area contributed by atoms with Crippen molar-refractivity contribution in [2.45, 2.75) is 0 Å². The number of benzene rings is 4. The summed E-state index contributed by atoms with van der Waals surface area (Å²) in [5.41, 5.74) is 9.60. The molecule has 0 aliphatic rings. The topological polar surface area (TPSA) is 25.1 Å². The van der Waals surface area contributed by atoms with Gasteiger partial charge in [-0.05, 0) is 42.5 Å². The summed E-state index contributed by atoms with van der Waals surface area (Å²) in [7, 11) is 0.